The molecule has 1 saturated carbocycles. The van der Waals surface area contributed by atoms with E-state index in [1.807, 2.05) is 0 Å². The number of hydrogen-bond acceptors (Lipinski definition) is 5. The fourth-order valence-electron chi connectivity index (χ4n) is 3.26. The van der Waals surface area contributed by atoms with Crippen molar-refractivity contribution in [3.05, 3.63) is 21.5 Å². The molecule has 130 valence electrons. The summed E-state index contributed by atoms with van der Waals surface area (Å²) in [6.45, 7) is 1.86. The number of nitrogens with one attached hydrogen (secondary N) is 1. The smallest absolute Gasteiger partial charge is 0.322 e. The minimum Gasteiger partial charge on any atom is -0.346 e. The molecular weight excluding hydrogens is 322 g/mol. The largest absolute Gasteiger partial charge is 0.346 e. The van der Waals surface area contributed by atoms with E-state index in [9.17, 15) is 14.9 Å². The lowest BCUT2D eigenvalue weighted by Crippen LogP contribution is -2.46. The Bertz CT molecular complexity index is 569. The molecular formula is C14H24ClN5O3. The standard InChI is InChI=1S/C14H23N5O3.ClH/c1-9-12(19(21)22)13(18(2)17-9)14(20)16-11(8-15)10-6-4-3-5-7-10;/h10-11H,3-8,15H2,1-2H3,(H,16,20);1H. The van der Waals surface area contributed by atoms with Crippen LogP contribution in [-0.2, 0) is 7.05 Å². The number of halogens is 1. The minimum absolute atomic E-state index is 0. The van der Waals surface area contributed by atoms with Crippen molar-refractivity contribution in [3.8, 4) is 0 Å². The van der Waals surface area contributed by atoms with Crippen molar-refractivity contribution < 1.29 is 9.72 Å². The second-order valence-electron chi connectivity index (χ2n) is 5.88. The molecule has 1 amide bonds. The summed E-state index contributed by atoms with van der Waals surface area (Å²) < 4.78 is 1.26. The topological polar surface area (TPSA) is 116 Å². The van der Waals surface area contributed by atoms with Crippen LogP contribution in [0.4, 0.5) is 5.69 Å². The summed E-state index contributed by atoms with van der Waals surface area (Å²) in [6.07, 6.45) is 5.57. The molecule has 1 unspecified atom stereocenters. The first-order valence-corrected chi connectivity index (χ1v) is 7.64. The Morgan fingerprint density at radius 2 is 2.09 bits per heavy atom. The predicted octanol–water partition coefficient (Wildman–Crippen LogP) is 1.70. The van der Waals surface area contributed by atoms with Gasteiger partial charge in [0.15, 0.2) is 0 Å². The van der Waals surface area contributed by atoms with Crippen molar-refractivity contribution >= 4 is 24.0 Å². The Morgan fingerprint density at radius 3 is 2.61 bits per heavy atom. The molecule has 0 aromatic carbocycles. The van der Waals surface area contributed by atoms with E-state index < -0.39 is 10.8 Å². The Hall–Kier alpha value is -1.67. The monoisotopic (exact) mass is 345 g/mol. The molecule has 0 saturated heterocycles. The zero-order valence-corrected chi connectivity index (χ0v) is 14.3. The van der Waals surface area contributed by atoms with E-state index in [2.05, 4.69) is 10.4 Å². The number of hydrogen-bond donors (Lipinski definition) is 2. The first kappa shape index (κ1) is 19.4. The van der Waals surface area contributed by atoms with Crippen LogP contribution in [0, 0.1) is 23.0 Å². The van der Waals surface area contributed by atoms with Crippen LogP contribution >= 0.6 is 12.4 Å². The van der Waals surface area contributed by atoms with E-state index in [0.717, 1.165) is 25.7 Å². The molecule has 3 N–H and O–H groups in total. The van der Waals surface area contributed by atoms with Crippen molar-refractivity contribution in [2.75, 3.05) is 6.54 Å². The van der Waals surface area contributed by atoms with Gasteiger partial charge in [0, 0.05) is 19.6 Å². The first-order valence-electron chi connectivity index (χ1n) is 7.64. The molecule has 1 fully saturated rings. The molecule has 2 rings (SSSR count). The van der Waals surface area contributed by atoms with Crippen molar-refractivity contribution in [1.82, 2.24) is 15.1 Å². The third kappa shape index (κ3) is 4.20. The van der Waals surface area contributed by atoms with Crippen LogP contribution in [0.2, 0.25) is 0 Å². The van der Waals surface area contributed by atoms with Crippen molar-refractivity contribution in [3.63, 3.8) is 0 Å². The normalized spacial score (nSPS) is 16.5. The van der Waals surface area contributed by atoms with E-state index in [0.29, 0.717) is 12.5 Å². The highest BCUT2D eigenvalue weighted by molar-refractivity contribution is 5.97. The first-order chi connectivity index (χ1) is 10.5. The molecule has 0 aliphatic heterocycles. The molecule has 9 heteroatoms. The third-order valence-electron chi connectivity index (χ3n) is 4.38. The molecule has 0 spiro atoms. The van der Waals surface area contributed by atoms with Crippen molar-refractivity contribution in [2.24, 2.45) is 18.7 Å². The maximum absolute atomic E-state index is 12.5. The van der Waals surface area contributed by atoms with Crippen molar-refractivity contribution in [2.45, 2.75) is 45.1 Å². The predicted molar refractivity (Wildman–Crippen MR) is 88.7 cm³/mol. The molecule has 0 radical (unpaired) electrons. The zero-order chi connectivity index (χ0) is 16.3. The highest BCUT2D eigenvalue weighted by atomic mass is 35.5. The Balaban J connectivity index is 0.00000264. The van der Waals surface area contributed by atoms with Gasteiger partial charge in [-0.3, -0.25) is 19.6 Å². The van der Waals surface area contributed by atoms with Gasteiger partial charge in [0.05, 0.1) is 4.92 Å². The van der Waals surface area contributed by atoms with E-state index in [1.54, 1.807) is 0 Å². The molecule has 0 bridgehead atoms. The maximum atomic E-state index is 12.5. The maximum Gasteiger partial charge on any atom is 0.322 e. The van der Waals surface area contributed by atoms with Crippen LogP contribution in [-0.4, -0.2) is 33.2 Å². The Morgan fingerprint density at radius 1 is 1.48 bits per heavy atom. The van der Waals surface area contributed by atoms with Gasteiger partial charge in [-0.2, -0.15) is 5.10 Å². The number of aryl methyl sites for hydroxylation is 2. The summed E-state index contributed by atoms with van der Waals surface area (Å²) in [7, 11) is 1.53. The van der Waals surface area contributed by atoms with Gasteiger partial charge in [-0.25, -0.2) is 0 Å². The Labute approximate surface area is 141 Å². The van der Waals surface area contributed by atoms with Gasteiger partial charge in [0.2, 0.25) is 5.69 Å². The van der Waals surface area contributed by atoms with Gasteiger partial charge >= 0.3 is 5.69 Å². The second-order valence-corrected chi connectivity index (χ2v) is 5.88. The number of aromatic nitrogens is 2. The summed E-state index contributed by atoms with van der Waals surface area (Å²) in [4.78, 5) is 23.1. The lowest BCUT2D eigenvalue weighted by molar-refractivity contribution is -0.385. The number of nitrogens with zero attached hydrogens (tertiary/aromatic N) is 3. The fraction of sp³-hybridized carbons (Fsp3) is 0.714. The van der Waals surface area contributed by atoms with Crippen LogP contribution < -0.4 is 11.1 Å². The second kappa shape index (κ2) is 8.26. The third-order valence-corrected chi connectivity index (χ3v) is 4.38. The molecule has 23 heavy (non-hydrogen) atoms. The Kier molecular flexibility index (Phi) is 6.96. The minimum atomic E-state index is -0.560. The molecule has 1 aliphatic carbocycles. The summed E-state index contributed by atoms with van der Waals surface area (Å²) in [6, 6.07) is -0.150. The van der Waals surface area contributed by atoms with Gasteiger partial charge in [-0.15, -0.1) is 12.4 Å². The van der Waals surface area contributed by atoms with E-state index in [4.69, 9.17) is 5.73 Å². The van der Waals surface area contributed by atoms with E-state index in [-0.39, 0.29) is 35.5 Å². The molecule has 1 heterocycles. The lowest BCUT2D eigenvalue weighted by Gasteiger charge is -2.29. The van der Waals surface area contributed by atoms with Gasteiger partial charge in [0.25, 0.3) is 5.91 Å². The SMILES string of the molecule is Cc1nn(C)c(C(=O)NC(CN)C2CCCCC2)c1[N+](=O)[O-].Cl. The molecule has 1 atom stereocenters. The molecule has 1 aromatic rings. The highest BCUT2D eigenvalue weighted by Crippen LogP contribution is 2.27. The number of nitrogens with two attached hydrogens (primary N) is 1. The quantitative estimate of drug-likeness (QED) is 0.622. The number of amides is 1. The van der Waals surface area contributed by atoms with Gasteiger partial charge in [-0.1, -0.05) is 19.3 Å². The number of carbonyl (C=O) groups excluding carboxylic acids is 1. The van der Waals surface area contributed by atoms with Gasteiger partial charge in [0.1, 0.15) is 5.69 Å². The zero-order valence-electron chi connectivity index (χ0n) is 13.4. The number of carbonyl (C=O) groups is 1. The lowest BCUT2D eigenvalue weighted by atomic mass is 9.84. The van der Waals surface area contributed by atoms with Crippen LogP contribution in [0.5, 0.6) is 0 Å². The van der Waals surface area contributed by atoms with E-state index >= 15 is 0 Å². The van der Waals surface area contributed by atoms with Crippen LogP contribution in [0.15, 0.2) is 0 Å². The van der Waals surface area contributed by atoms with Crippen molar-refractivity contribution in [1.29, 1.82) is 0 Å². The summed E-state index contributed by atoms with van der Waals surface area (Å²) in [5.74, 6) is -0.132. The number of rotatable bonds is 5. The summed E-state index contributed by atoms with van der Waals surface area (Å²) >= 11 is 0. The fourth-order valence-corrected chi connectivity index (χ4v) is 3.26. The van der Waals surface area contributed by atoms with Crippen LogP contribution in [0.3, 0.4) is 0 Å². The average Bonchev–Trinajstić information content (AvgIpc) is 2.80. The molecule has 1 aromatic heterocycles. The van der Waals surface area contributed by atoms with Gasteiger partial charge < -0.3 is 11.1 Å². The molecule has 1 aliphatic rings. The highest BCUT2D eigenvalue weighted by Gasteiger charge is 2.32. The van der Waals surface area contributed by atoms with E-state index in [1.165, 1.54) is 25.1 Å². The summed E-state index contributed by atoms with van der Waals surface area (Å²) in [5.41, 5.74) is 5.78. The van der Waals surface area contributed by atoms with Crippen LogP contribution in [0.25, 0.3) is 0 Å². The van der Waals surface area contributed by atoms with Gasteiger partial charge in [-0.05, 0) is 25.7 Å². The number of nitro groups is 1. The average molecular weight is 346 g/mol. The van der Waals surface area contributed by atoms with Crippen LogP contribution in [0.1, 0.15) is 48.3 Å². The molecule has 8 nitrogen and oxygen atoms in total. The summed E-state index contributed by atoms with van der Waals surface area (Å²) in [5, 5.41) is 18.0.